The van der Waals surface area contributed by atoms with Gasteiger partial charge in [0.05, 0.1) is 10.5 Å². The van der Waals surface area contributed by atoms with Crippen LogP contribution < -0.4 is 5.32 Å². The number of rotatable bonds is 2. The number of hydrogen-bond acceptors (Lipinski definition) is 3. The first kappa shape index (κ1) is 14.1. The maximum absolute atomic E-state index is 11.4. The third kappa shape index (κ3) is 2.95. The minimum Gasteiger partial charge on any atom is -0.382 e. The molecule has 0 atom stereocenters. The number of nitrogens with zero attached hydrogens (tertiary/aromatic N) is 2. The Morgan fingerprint density at radius 2 is 2.10 bits per heavy atom. The van der Waals surface area contributed by atoms with Gasteiger partial charge in [-0.3, -0.25) is 9.78 Å². The molecule has 1 saturated heterocycles. The number of amides is 1. The number of piperidine rings is 1. The number of hydrogen-bond donors (Lipinski definition) is 1. The summed E-state index contributed by atoms with van der Waals surface area (Å²) in [5.41, 5.74) is 1.88. The number of pyridine rings is 1. The van der Waals surface area contributed by atoms with E-state index in [-0.39, 0.29) is 5.91 Å². The molecule has 1 amide bonds. The molecular formula is C16H18ClN3O. The summed E-state index contributed by atoms with van der Waals surface area (Å²) < 4.78 is 0. The van der Waals surface area contributed by atoms with Crippen LogP contribution >= 0.6 is 11.6 Å². The first-order valence-electron chi connectivity index (χ1n) is 7.20. The number of halogens is 1. The molecule has 110 valence electrons. The highest BCUT2D eigenvalue weighted by Gasteiger charge is 2.21. The largest absolute Gasteiger partial charge is 0.382 e. The van der Waals surface area contributed by atoms with E-state index in [0.717, 1.165) is 42.5 Å². The Morgan fingerprint density at radius 3 is 2.81 bits per heavy atom. The fourth-order valence-electron chi connectivity index (χ4n) is 2.82. The summed E-state index contributed by atoms with van der Waals surface area (Å²) in [5.74, 6) is 0.162. The smallest absolute Gasteiger partial charge is 0.219 e. The number of fused-ring (bicyclic) bond motifs is 1. The lowest BCUT2D eigenvalue weighted by Crippen LogP contribution is -2.41. The van der Waals surface area contributed by atoms with Crippen molar-refractivity contribution in [3.8, 4) is 0 Å². The predicted molar refractivity (Wildman–Crippen MR) is 85.7 cm³/mol. The summed E-state index contributed by atoms with van der Waals surface area (Å²) in [5, 5.41) is 5.28. The fourth-order valence-corrected chi connectivity index (χ4v) is 3.04. The monoisotopic (exact) mass is 303 g/mol. The maximum atomic E-state index is 11.4. The van der Waals surface area contributed by atoms with Crippen molar-refractivity contribution in [3.63, 3.8) is 0 Å². The topological polar surface area (TPSA) is 45.2 Å². The van der Waals surface area contributed by atoms with Crippen LogP contribution in [0.5, 0.6) is 0 Å². The Hall–Kier alpha value is -1.81. The van der Waals surface area contributed by atoms with Gasteiger partial charge in [-0.25, -0.2) is 0 Å². The molecule has 1 fully saturated rings. The molecule has 1 aromatic carbocycles. The zero-order valence-corrected chi connectivity index (χ0v) is 12.7. The van der Waals surface area contributed by atoms with E-state index in [9.17, 15) is 4.79 Å². The number of aromatic nitrogens is 1. The molecule has 0 bridgehead atoms. The zero-order valence-electron chi connectivity index (χ0n) is 12.0. The first-order chi connectivity index (χ1) is 10.1. The van der Waals surface area contributed by atoms with Crippen LogP contribution in [0, 0.1) is 0 Å². The summed E-state index contributed by atoms with van der Waals surface area (Å²) in [4.78, 5) is 17.6. The molecule has 0 saturated carbocycles. The minimum atomic E-state index is 0.162. The van der Waals surface area contributed by atoms with Crippen LogP contribution in [0.3, 0.4) is 0 Å². The second kappa shape index (κ2) is 5.90. The third-order valence-electron chi connectivity index (χ3n) is 4.02. The quantitative estimate of drug-likeness (QED) is 0.926. The molecule has 1 aliphatic rings. The molecule has 1 aromatic heterocycles. The number of carbonyl (C=O) groups is 1. The Labute approximate surface area is 129 Å². The predicted octanol–water partition coefficient (Wildman–Crippen LogP) is 3.31. The molecule has 21 heavy (non-hydrogen) atoms. The van der Waals surface area contributed by atoms with Crippen molar-refractivity contribution in [2.75, 3.05) is 18.4 Å². The Balaban J connectivity index is 1.77. The van der Waals surface area contributed by atoms with Crippen molar-refractivity contribution in [1.82, 2.24) is 9.88 Å². The molecule has 0 radical (unpaired) electrons. The van der Waals surface area contributed by atoms with Gasteiger partial charge in [-0.2, -0.15) is 0 Å². The van der Waals surface area contributed by atoms with E-state index >= 15 is 0 Å². The summed E-state index contributed by atoms with van der Waals surface area (Å²) in [6, 6.07) is 8.21. The molecule has 1 N–H and O–H groups in total. The van der Waals surface area contributed by atoms with Gasteiger partial charge in [0.2, 0.25) is 5.91 Å². The molecule has 2 aromatic rings. The summed E-state index contributed by atoms with van der Waals surface area (Å²) in [7, 11) is 0. The standard InChI is InChI=1S/C16H18ClN3O/c1-11(21)20-9-6-12(7-10-20)19-15-5-4-14(17)16-13(15)3-2-8-18-16/h2-5,8,12,19H,6-7,9-10H2,1H3. The number of likely N-dealkylation sites (tertiary alicyclic amines) is 1. The van der Waals surface area contributed by atoms with Gasteiger partial charge in [0.15, 0.2) is 0 Å². The van der Waals surface area contributed by atoms with Crippen LogP contribution in [-0.2, 0) is 4.79 Å². The second-order valence-corrected chi connectivity index (χ2v) is 5.83. The molecule has 3 rings (SSSR count). The molecule has 2 heterocycles. The highest BCUT2D eigenvalue weighted by atomic mass is 35.5. The lowest BCUT2D eigenvalue weighted by atomic mass is 10.0. The molecule has 0 spiro atoms. The average molecular weight is 304 g/mol. The van der Waals surface area contributed by atoms with Gasteiger partial charge in [0.25, 0.3) is 0 Å². The number of nitrogens with one attached hydrogen (secondary N) is 1. The van der Waals surface area contributed by atoms with Gasteiger partial charge in [-0.15, -0.1) is 0 Å². The van der Waals surface area contributed by atoms with Crippen LogP contribution in [0.1, 0.15) is 19.8 Å². The van der Waals surface area contributed by atoms with E-state index in [4.69, 9.17) is 11.6 Å². The zero-order chi connectivity index (χ0) is 14.8. The minimum absolute atomic E-state index is 0.162. The van der Waals surface area contributed by atoms with Crippen LogP contribution in [0.2, 0.25) is 5.02 Å². The molecule has 0 aliphatic carbocycles. The van der Waals surface area contributed by atoms with Gasteiger partial charge in [-0.1, -0.05) is 11.6 Å². The van der Waals surface area contributed by atoms with Crippen LogP contribution in [0.4, 0.5) is 5.69 Å². The number of benzene rings is 1. The third-order valence-corrected chi connectivity index (χ3v) is 4.33. The van der Waals surface area contributed by atoms with Crippen LogP contribution in [-0.4, -0.2) is 34.9 Å². The van der Waals surface area contributed by atoms with Gasteiger partial charge < -0.3 is 10.2 Å². The highest BCUT2D eigenvalue weighted by molar-refractivity contribution is 6.35. The molecule has 1 aliphatic heterocycles. The molecular weight excluding hydrogens is 286 g/mol. The van der Waals surface area contributed by atoms with Crippen LogP contribution in [0.15, 0.2) is 30.5 Å². The van der Waals surface area contributed by atoms with E-state index in [1.54, 1.807) is 13.1 Å². The fraction of sp³-hybridized carbons (Fsp3) is 0.375. The normalized spacial score (nSPS) is 16.2. The Kier molecular flexibility index (Phi) is 3.97. The molecule has 4 nitrogen and oxygen atoms in total. The average Bonchev–Trinajstić information content (AvgIpc) is 2.51. The lowest BCUT2D eigenvalue weighted by Gasteiger charge is -2.32. The SMILES string of the molecule is CC(=O)N1CCC(Nc2ccc(Cl)c3ncccc23)CC1. The Morgan fingerprint density at radius 1 is 1.33 bits per heavy atom. The lowest BCUT2D eigenvalue weighted by molar-refractivity contribution is -0.129. The summed E-state index contributed by atoms with van der Waals surface area (Å²) in [6.07, 6.45) is 3.68. The summed E-state index contributed by atoms with van der Waals surface area (Å²) >= 11 is 6.19. The summed E-state index contributed by atoms with van der Waals surface area (Å²) in [6.45, 7) is 3.26. The van der Waals surface area contributed by atoms with Crippen molar-refractivity contribution in [2.45, 2.75) is 25.8 Å². The van der Waals surface area contributed by atoms with E-state index < -0.39 is 0 Å². The Bertz CT molecular complexity index is 666. The number of anilines is 1. The van der Waals surface area contributed by atoms with Crippen molar-refractivity contribution in [2.24, 2.45) is 0 Å². The van der Waals surface area contributed by atoms with E-state index in [0.29, 0.717) is 11.1 Å². The second-order valence-electron chi connectivity index (χ2n) is 5.42. The van der Waals surface area contributed by atoms with Gasteiger partial charge in [0.1, 0.15) is 0 Å². The van der Waals surface area contributed by atoms with E-state index in [2.05, 4.69) is 10.3 Å². The highest BCUT2D eigenvalue weighted by Crippen LogP contribution is 2.29. The first-order valence-corrected chi connectivity index (χ1v) is 7.58. The van der Waals surface area contributed by atoms with Gasteiger partial charge >= 0.3 is 0 Å². The molecule has 5 heteroatoms. The number of carbonyl (C=O) groups excluding carboxylic acids is 1. The van der Waals surface area contributed by atoms with Crippen molar-refractivity contribution < 1.29 is 4.79 Å². The molecule has 0 unspecified atom stereocenters. The van der Waals surface area contributed by atoms with Crippen molar-refractivity contribution in [3.05, 3.63) is 35.5 Å². The van der Waals surface area contributed by atoms with E-state index in [1.165, 1.54) is 0 Å². The van der Waals surface area contributed by atoms with Crippen LogP contribution in [0.25, 0.3) is 10.9 Å². The van der Waals surface area contributed by atoms with Crippen molar-refractivity contribution >= 4 is 34.1 Å². The van der Waals surface area contributed by atoms with Gasteiger partial charge in [-0.05, 0) is 37.1 Å². The van der Waals surface area contributed by atoms with Gasteiger partial charge in [0, 0.05) is 43.3 Å². The van der Waals surface area contributed by atoms with E-state index in [1.807, 2.05) is 29.2 Å². The maximum Gasteiger partial charge on any atom is 0.219 e. The van der Waals surface area contributed by atoms with Crippen molar-refractivity contribution in [1.29, 1.82) is 0 Å².